The lowest BCUT2D eigenvalue weighted by Gasteiger charge is -2.05. The van der Waals surface area contributed by atoms with E-state index in [0.29, 0.717) is 33.0 Å². The molecule has 28 heavy (non-hydrogen) atoms. The van der Waals surface area contributed by atoms with Crippen LogP contribution in [0.1, 0.15) is 21.1 Å². The Morgan fingerprint density at radius 1 is 1.36 bits per heavy atom. The van der Waals surface area contributed by atoms with Gasteiger partial charge in [-0.05, 0) is 36.6 Å². The molecule has 3 rings (SSSR count). The van der Waals surface area contributed by atoms with Crippen molar-refractivity contribution in [2.75, 3.05) is 18.2 Å². The lowest BCUT2D eigenvalue weighted by atomic mass is 10.2. The third-order valence-corrected chi connectivity index (χ3v) is 5.82. The Hall–Kier alpha value is -2.29. The number of hydrogen-bond donors (Lipinski definition) is 1. The molecule has 0 spiro atoms. The van der Waals surface area contributed by atoms with Crippen molar-refractivity contribution in [1.82, 2.24) is 4.98 Å². The number of aromatic nitrogens is 1. The second kappa shape index (κ2) is 9.27. The van der Waals surface area contributed by atoms with Gasteiger partial charge in [0.05, 0.1) is 24.2 Å². The standard InChI is InChI=1S/C19H17ClN2O4S2/c1-11-15(22-18(26-11)12-4-3-5-13(20)8-12)9-27-10-16(23)21-14-6-7-28-17(14)19(24)25-2/h3-8H,9-10H2,1-2H3,(H,21,23). The number of oxazole rings is 1. The van der Waals surface area contributed by atoms with Crippen molar-refractivity contribution in [1.29, 1.82) is 0 Å². The molecule has 6 nitrogen and oxygen atoms in total. The first-order valence-corrected chi connectivity index (χ1v) is 10.6. The van der Waals surface area contributed by atoms with E-state index in [1.165, 1.54) is 30.2 Å². The van der Waals surface area contributed by atoms with Crippen LogP contribution in [0.5, 0.6) is 0 Å². The quantitative estimate of drug-likeness (QED) is 0.523. The van der Waals surface area contributed by atoms with E-state index in [1.807, 2.05) is 19.1 Å². The molecule has 0 aliphatic carbocycles. The second-order valence-corrected chi connectivity index (χ2v) is 8.07. The van der Waals surface area contributed by atoms with Crippen LogP contribution in [-0.2, 0) is 15.3 Å². The molecule has 146 valence electrons. The highest BCUT2D eigenvalue weighted by molar-refractivity contribution is 7.99. The van der Waals surface area contributed by atoms with Gasteiger partial charge in [-0.3, -0.25) is 4.79 Å². The zero-order valence-corrected chi connectivity index (χ0v) is 17.5. The van der Waals surface area contributed by atoms with Crippen molar-refractivity contribution < 1.29 is 18.7 Å². The number of hydrogen-bond acceptors (Lipinski definition) is 7. The van der Waals surface area contributed by atoms with E-state index in [0.717, 1.165) is 11.3 Å². The highest BCUT2D eigenvalue weighted by atomic mass is 35.5. The van der Waals surface area contributed by atoms with Crippen LogP contribution in [0, 0.1) is 6.92 Å². The monoisotopic (exact) mass is 436 g/mol. The average Bonchev–Trinajstić information content (AvgIpc) is 3.28. The fraction of sp³-hybridized carbons (Fsp3) is 0.211. The van der Waals surface area contributed by atoms with E-state index in [-0.39, 0.29) is 11.7 Å². The van der Waals surface area contributed by atoms with Gasteiger partial charge in [-0.2, -0.15) is 0 Å². The Morgan fingerprint density at radius 2 is 2.18 bits per heavy atom. The molecule has 0 aliphatic rings. The molecule has 0 bridgehead atoms. The number of ether oxygens (including phenoxy) is 1. The topological polar surface area (TPSA) is 81.4 Å². The van der Waals surface area contributed by atoms with Crippen molar-refractivity contribution in [2.45, 2.75) is 12.7 Å². The molecule has 2 aromatic heterocycles. The van der Waals surface area contributed by atoms with Gasteiger partial charge in [0.15, 0.2) is 0 Å². The molecule has 0 radical (unpaired) electrons. The molecule has 1 amide bonds. The minimum atomic E-state index is -0.468. The first kappa shape index (κ1) is 20.4. The summed E-state index contributed by atoms with van der Waals surface area (Å²) in [6.45, 7) is 1.84. The molecule has 1 N–H and O–H groups in total. The molecule has 9 heteroatoms. The number of rotatable bonds is 7. The summed E-state index contributed by atoms with van der Waals surface area (Å²) in [5.74, 6) is 1.27. The van der Waals surface area contributed by atoms with E-state index >= 15 is 0 Å². The number of halogens is 1. The number of anilines is 1. The molecule has 0 aliphatic heterocycles. The van der Waals surface area contributed by atoms with Gasteiger partial charge < -0.3 is 14.5 Å². The maximum atomic E-state index is 12.2. The minimum absolute atomic E-state index is 0.204. The van der Waals surface area contributed by atoms with Crippen LogP contribution in [0.2, 0.25) is 5.02 Å². The van der Waals surface area contributed by atoms with Crippen molar-refractivity contribution in [3.8, 4) is 11.5 Å². The molecule has 3 aromatic rings. The number of amides is 1. The highest BCUT2D eigenvalue weighted by Crippen LogP contribution is 2.27. The molecular formula is C19H17ClN2O4S2. The Balaban J connectivity index is 1.56. The Morgan fingerprint density at radius 3 is 2.93 bits per heavy atom. The number of aryl methyl sites for hydroxylation is 1. The van der Waals surface area contributed by atoms with Crippen molar-refractivity contribution in [2.24, 2.45) is 0 Å². The predicted octanol–water partition coefficient (Wildman–Crippen LogP) is 5.02. The minimum Gasteiger partial charge on any atom is -0.465 e. The molecule has 0 saturated carbocycles. The maximum Gasteiger partial charge on any atom is 0.350 e. The van der Waals surface area contributed by atoms with E-state index in [4.69, 9.17) is 20.8 Å². The SMILES string of the molecule is COC(=O)c1sccc1NC(=O)CSCc1nc(-c2cccc(Cl)c2)oc1C. The molecule has 0 unspecified atom stereocenters. The molecule has 0 saturated heterocycles. The zero-order valence-electron chi connectivity index (χ0n) is 15.2. The van der Waals surface area contributed by atoms with Crippen molar-refractivity contribution in [3.05, 3.63) is 57.1 Å². The maximum absolute atomic E-state index is 12.2. The summed E-state index contributed by atoms with van der Waals surface area (Å²) in [4.78, 5) is 28.7. The van der Waals surface area contributed by atoms with Gasteiger partial charge in [0.2, 0.25) is 11.8 Å². The van der Waals surface area contributed by atoms with Gasteiger partial charge in [0, 0.05) is 16.3 Å². The third kappa shape index (κ3) is 4.95. The summed E-state index contributed by atoms with van der Waals surface area (Å²) < 4.78 is 10.4. The van der Waals surface area contributed by atoms with Gasteiger partial charge in [0.25, 0.3) is 0 Å². The van der Waals surface area contributed by atoms with Gasteiger partial charge in [0.1, 0.15) is 10.6 Å². The summed E-state index contributed by atoms with van der Waals surface area (Å²) in [7, 11) is 1.31. The first-order valence-electron chi connectivity index (χ1n) is 8.23. The van der Waals surface area contributed by atoms with E-state index in [9.17, 15) is 9.59 Å². The Labute approximate surface area is 175 Å². The summed E-state index contributed by atoms with van der Waals surface area (Å²) in [6, 6.07) is 8.97. The van der Waals surface area contributed by atoms with Gasteiger partial charge in [-0.1, -0.05) is 17.7 Å². The number of nitrogens with zero attached hydrogens (tertiary/aromatic N) is 1. The number of methoxy groups -OCH3 is 1. The smallest absolute Gasteiger partial charge is 0.350 e. The van der Waals surface area contributed by atoms with Crippen molar-refractivity contribution >= 4 is 52.3 Å². The fourth-order valence-electron chi connectivity index (χ4n) is 2.39. The second-order valence-electron chi connectivity index (χ2n) is 5.73. The van der Waals surface area contributed by atoms with Gasteiger partial charge >= 0.3 is 5.97 Å². The van der Waals surface area contributed by atoms with E-state index < -0.39 is 5.97 Å². The summed E-state index contributed by atoms with van der Waals surface area (Å²) >= 11 is 8.64. The van der Waals surface area contributed by atoms with E-state index in [2.05, 4.69) is 10.3 Å². The van der Waals surface area contributed by atoms with Crippen LogP contribution in [0.25, 0.3) is 11.5 Å². The van der Waals surface area contributed by atoms with Gasteiger partial charge in [-0.25, -0.2) is 9.78 Å². The molecule has 2 heterocycles. The largest absolute Gasteiger partial charge is 0.465 e. The lowest BCUT2D eigenvalue weighted by molar-refractivity contribution is -0.113. The average molecular weight is 437 g/mol. The van der Waals surface area contributed by atoms with Crippen LogP contribution >= 0.6 is 34.7 Å². The number of carbonyl (C=O) groups is 2. The van der Waals surface area contributed by atoms with Crippen LogP contribution in [0.3, 0.4) is 0 Å². The Bertz CT molecular complexity index is 999. The van der Waals surface area contributed by atoms with Crippen molar-refractivity contribution in [3.63, 3.8) is 0 Å². The summed E-state index contributed by atoms with van der Waals surface area (Å²) in [5.41, 5.74) is 2.04. The van der Waals surface area contributed by atoms with Crippen LogP contribution in [-0.4, -0.2) is 29.7 Å². The third-order valence-electron chi connectivity index (χ3n) is 3.75. The highest BCUT2D eigenvalue weighted by Gasteiger charge is 2.16. The molecule has 0 atom stereocenters. The lowest BCUT2D eigenvalue weighted by Crippen LogP contribution is -2.16. The fourth-order valence-corrected chi connectivity index (χ4v) is 4.17. The van der Waals surface area contributed by atoms with E-state index in [1.54, 1.807) is 23.6 Å². The Kier molecular flexibility index (Phi) is 6.77. The first-order chi connectivity index (χ1) is 13.5. The van der Waals surface area contributed by atoms with Crippen LogP contribution < -0.4 is 5.32 Å². The van der Waals surface area contributed by atoms with Gasteiger partial charge in [-0.15, -0.1) is 23.1 Å². The number of thiophene rings is 1. The van der Waals surface area contributed by atoms with Crippen LogP contribution in [0.15, 0.2) is 40.1 Å². The molecule has 0 fully saturated rings. The normalized spacial score (nSPS) is 10.7. The van der Waals surface area contributed by atoms with Crippen LogP contribution in [0.4, 0.5) is 5.69 Å². The number of thioether (sulfide) groups is 1. The predicted molar refractivity (Wildman–Crippen MR) is 112 cm³/mol. The number of carbonyl (C=O) groups excluding carboxylic acids is 2. The zero-order chi connectivity index (χ0) is 20.1. The summed E-state index contributed by atoms with van der Waals surface area (Å²) in [5, 5.41) is 5.07. The molecular weight excluding hydrogens is 420 g/mol. The molecule has 1 aromatic carbocycles. The number of esters is 1. The number of nitrogens with one attached hydrogen (secondary N) is 1. The number of benzene rings is 1. The summed E-state index contributed by atoms with van der Waals surface area (Å²) in [6.07, 6.45) is 0.